The second kappa shape index (κ2) is 10.5. The quantitative estimate of drug-likeness (QED) is 0.183. The van der Waals surface area contributed by atoms with Crippen LogP contribution < -0.4 is 29.0 Å². The Hall–Kier alpha value is -5.26. The molecule has 0 bridgehead atoms. The Morgan fingerprint density at radius 1 is 0.932 bits per heavy atom. The molecule has 3 heterocycles. The fourth-order valence-electron chi connectivity index (χ4n) is 6.64. The third-order valence-electron chi connectivity index (χ3n) is 8.61. The molecule has 1 aromatic heterocycles. The number of ketones is 1. The fraction of sp³-hybridized carbons (Fsp3) is 0.281. The molecule has 0 unspecified atom stereocenters. The highest BCUT2D eigenvalue weighted by atomic mass is 19.1. The molecule has 3 aliphatic rings. The second-order valence-corrected chi connectivity index (χ2v) is 10.8. The number of rotatable bonds is 7. The van der Waals surface area contributed by atoms with Gasteiger partial charge in [-0.25, -0.2) is 4.39 Å². The number of ether oxygens (including phenoxy) is 6. The maximum atomic E-state index is 13.7. The third-order valence-corrected chi connectivity index (χ3v) is 8.61. The summed E-state index contributed by atoms with van der Waals surface area (Å²) < 4.78 is 47.4. The maximum absolute atomic E-state index is 13.7. The summed E-state index contributed by atoms with van der Waals surface area (Å²) in [4.78, 5) is 43.2. The van der Waals surface area contributed by atoms with Gasteiger partial charge in [0.05, 0.1) is 45.5 Å². The number of aromatic nitrogens is 1. The van der Waals surface area contributed by atoms with Crippen LogP contribution in [0, 0.1) is 17.7 Å². The van der Waals surface area contributed by atoms with E-state index in [1.807, 2.05) is 0 Å². The first-order chi connectivity index (χ1) is 21.3. The minimum absolute atomic E-state index is 0.0125. The molecule has 7 rings (SSSR count). The van der Waals surface area contributed by atoms with Crippen LogP contribution >= 0.6 is 0 Å². The lowest BCUT2D eigenvalue weighted by Gasteiger charge is -2.39. The number of benzene rings is 3. The molecule has 226 valence electrons. The van der Waals surface area contributed by atoms with E-state index in [1.54, 1.807) is 24.3 Å². The van der Waals surface area contributed by atoms with Gasteiger partial charge in [0, 0.05) is 28.9 Å². The maximum Gasteiger partial charge on any atom is 0.310 e. The SMILES string of the molecule is COc1cc([C@@H]2c3cc4c(cc3[C@@H](NC(=O)C(=O)c3c[nH]c5cc(F)ccc35)[C@H]3COC(=O)[C@H]23)OCO4)cc(OC)c1OC. The van der Waals surface area contributed by atoms with Gasteiger partial charge in [-0.3, -0.25) is 14.4 Å². The number of nitrogens with one attached hydrogen (secondary N) is 2. The Labute approximate surface area is 250 Å². The zero-order chi connectivity index (χ0) is 30.7. The second-order valence-electron chi connectivity index (χ2n) is 10.8. The van der Waals surface area contributed by atoms with Crippen LogP contribution in [0.2, 0.25) is 0 Å². The van der Waals surface area contributed by atoms with Gasteiger partial charge >= 0.3 is 5.97 Å². The molecule has 1 amide bonds. The fourth-order valence-corrected chi connectivity index (χ4v) is 6.64. The number of carbonyl (C=O) groups excluding carboxylic acids is 3. The standard InChI is InChI=1S/C32H27FN2O9/c1-39-24-6-14(7-25(40-2)30(24)41-3)26-17-9-22-23(44-13-43-22)10-18(17)28(20-12-42-32(38)27(20)26)35-31(37)29(36)19-11-34-21-8-15(33)4-5-16(19)21/h4-11,20,26-28,34H,12-13H2,1-3H3,(H,35,37)/t20-,26+,27-,28+/m0/s1. The minimum atomic E-state index is -0.881. The highest BCUT2D eigenvalue weighted by molar-refractivity contribution is 6.45. The van der Waals surface area contributed by atoms with E-state index in [0.717, 1.165) is 0 Å². The largest absolute Gasteiger partial charge is 0.493 e. The van der Waals surface area contributed by atoms with Crippen LogP contribution in [0.5, 0.6) is 28.7 Å². The molecule has 11 nitrogen and oxygen atoms in total. The van der Waals surface area contributed by atoms with Crippen LogP contribution in [-0.4, -0.2) is 57.4 Å². The molecule has 4 atom stereocenters. The van der Waals surface area contributed by atoms with Gasteiger partial charge in [-0.2, -0.15) is 0 Å². The number of hydrogen-bond acceptors (Lipinski definition) is 9. The Balaban J connectivity index is 1.33. The molecular formula is C32H27FN2O9. The molecule has 0 radical (unpaired) electrons. The van der Waals surface area contributed by atoms with Crippen LogP contribution in [0.3, 0.4) is 0 Å². The highest BCUT2D eigenvalue weighted by Crippen LogP contribution is 2.55. The lowest BCUT2D eigenvalue weighted by molar-refractivity contribution is -0.141. The molecule has 12 heteroatoms. The molecule has 3 aromatic carbocycles. The van der Waals surface area contributed by atoms with Crippen molar-refractivity contribution in [3.63, 3.8) is 0 Å². The van der Waals surface area contributed by atoms with Gasteiger partial charge in [-0.05, 0) is 59.2 Å². The first-order valence-corrected chi connectivity index (χ1v) is 13.8. The van der Waals surface area contributed by atoms with Gasteiger partial charge in [0.25, 0.3) is 11.7 Å². The summed E-state index contributed by atoms with van der Waals surface area (Å²) in [5.74, 6) is -2.25. The van der Waals surface area contributed by atoms with Gasteiger partial charge in [-0.15, -0.1) is 0 Å². The molecule has 4 aromatic rings. The number of amides is 1. The molecule has 2 aliphatic heterocycles. The number of fused-ring (bicyclic) bond motifs is 4. The molecule has 1 saturated heterocycles. The molecular weight excluding hydrogens is 575 g/mol. The molecule has 1 fully saturated rings. The number of cyclic esters (lactones) is 1. The van der Waals surface area contributed by atoms with Crippen LogP contribution in [0.25, 0.3) is 10.9 Å². The average Bonchev–Trinajstić information content (AvgIpc) is 3.77. The van der Waals surface area contributed by atoms with Crippen molar-refractivity contribution >= 4 is 28.6 Å². The monoisotopic (exact) mass is 602 g/mol. The number of H-pyrrole nitrogens is 1. The third kappa shape index (κ3) is 4.20. The number of carbonyl (C=O) groups is 3. The predicted octanol–water partition coefficient (Wildman–Crippen LogP) is 4.04. The van der Waals surface area contributed by atoms with Crippen LogP contribution in [0.4, 0.5) is 4.39 Å². The molecule has 44 heavy (non-hydrogen) atoms. The van der Waals surface area contributed by atoms with Gasteiger partial charge in [0.1, 0.15) is 5.82 Å². The Bertz CT molecular complexity index is 1830. The van der Waals surface area contributed by atoms with Crippen molar-refractivity contribution in [2.24, 2.45) is 11.8 Å². The van der Waals surface area contributed by atoms with E-state index < -0.39 is 47.3 Å². The number of aromatic amines is 1. The zero-order valence-corrected chi connectivity index (χ0v) is 23.9. The van der Waals surface area contributed by atoms with Crippen molar-refractivity contribution in [1.82, 2.24) is 10.3 Å². The van der Waals surface area contributed by atoms with Crippen molar-refractivity contribution in [3.8, 4) is 28.7 Å². The predicted molar refractivity (Wildman–Crippen MR) is 152 cm³/mol. The Morgan fingerprint density at radius 3 is 2.32 bits per heavy atom. The first kappa shape index (κ1) is 27.6. The van der Waals surface area contributed by atoms with Crippen LogP contribution in [0.15, 0.2) is 48.7 Å². The molecule has 0 spiro atoms. The van der Waals surface area contributed by atoms with Gasteiger partial charge in [0.2, 0.25) is 12.5 Å². The number of Topliss-reactive ketones (excluding diaryl/α,β-unsaturated/α-hetero) is 1. The lowest BCUT2D eigenvalue weighted by atomic mass is 9.65. The summed E-state index contributed by atoms with van der Waals surface area (Å²) in [6.07, 6.45) is 1.38. The van der Waals surface area contributed by atoms with Crippen molar-refractivity contribution in [2.75, 3.05) is 34.7 Å². The van der Waals surface area contributed by atoms with Gasteiger partial charge in [0.15, 0.2) is 23.0 Å². The number of hydrogen-bond donors (Lipinski definition) is 2. The number of esters is 1. The lowest BCUT2D eigenvalue weighted by Crippen LogP contribution is -2.44. The van der Waals surface area contributed by atoms with Crippen molar-refractivity contribution in [3.05, 3.63) is 76.7 Å². The van der Waals surface area contributed by atoms with E-state index in [4.69, 9.17) is 28.4 Å². The number of halogens is 1. The average molecular weight is 603 g/mol. The normalized spacial score (nSPS) is 21.3. The summed E-state index contributed by atoms with van der Waals surface area (Å²) in [6, 6.07) is 10.3. The van der Waals surface area contributed by atoms with E-state index in [-0.39, 0.29) is 19.0 Å². The van der Waals surface area contributed by atoms with Crippen molar-refractivity contribution in [2.45, 2.75) is 12.0 Å². The molecule has 0 saturated carbocycles. The van der Waals surface area contributed by atoms with E-state index in [0.29, 0.717) is 56.3 Å². The Kier molecular flexibility index (Phi) is 6.56. The van der Waals surface area contributed by atoms with Crippen molar-refractivity contribution < 1.29 is 47.2 Å². The van der Waals surface area contributed by atoms with Gasteiger partial charge in [-0.1, -0.05) is 0 Å². The number of methoxy groups -OCH3 is 3. The van der Waals surface area contributed by atoms with Gasteiger partial charge < -0.3 is 38.7 Å². The summed E-state index contributed by atoms with van der Waals surface area (Å²) in [6.45, 7) is 0.0302. The van der Waals surface area contributed by atoms with Crippen LogP contribution in [0.1, 0.15) is 39.0 Å². The van der Waals surface area contributed by atoms with E-state index in [1.165, 1.54) is 45.7 Å². The smallest absolute Gasteiger partial charge is 0.310 e. The van der Waals surface area contributed by atoms with Crippen LogP contribution in [-0.2, 0) is 14.3 Å². The molecule has 2 N–H and O–H groups in total. The minimum Gasteiger partial charge on any atom is -0.493 e. The molecule has 1 aliphatic carbocycles. The van der Waals surface area contributed by atoms with Crippen molar-refractivity contribution in [1.29, 1.82) is 0 Å². The summed E-state index contributed by atoms with van der Waals surface area (Å²) >= 11 is 0. The Morgan fingerprint density at radius 2 is 1.64 bits per heavy atom. The van der Waals surface area contributed by atoms with E-state index >= 15 is 0 Å². The van der Waals surface area contributed by atoms with E-state index in [9.17, 15) is 18.8 Å². The zero-order valence-electron chi connectivity index (χ0n) is 23.9. The summed E-state index contributed by atoms with van der Waals surface area (Å²) in [7, 11) is 4.52. The topological polar surface area (TPSA) is 134 Å². The summed E-state index contributed by atoms with van der Waals surface area (Å²) in [5, 5.41) is 3.30. The van der Waals surface area contributed by atoms with E-state index in [2.05, 4.69) is 10.3 Å². The first-order valence-electron chi connectivity index (χ1n) is 13.8. The summed E-state index contributed by atoms with van der Waals surface area (Å²) in [5.41, 5.74) is 2.52. The highest BCUT2D eigenvalue weighted by Gasteiger charge is 2.53.